The molecule has 158 valence electrons. The fourth-order valence-corrected chi connectivity index (χ4v) is 4.58. The van der Waals surface area contributed by atoms with Crippen molar-refractivity contribution in [3.8, 4) is 17.1 Å². The number of benzene rings is 1. The van der Waals surface area contributed by atoms with Crippen LogP contribution < -0.4 is 15.4 Å². The van der Waals surface area contributed by atoms with E-state index in [0.29, 0.717) is 29.2 Å². The highest BCUT2D eigenvalue weighted by Gasteiger charge is 2.25. The molecule has 0 bridgehead atoms. The Morgan fingerprint density at radius 3 is 2.80 bits per heavy atom. The zero-order valence-corrected chi connectivity index (χ0v) is 18.4. The number of carbonyl (C=O) groups is 2. The molecule has 0 spiro atoms. The molecule has 0 aliphatic rings. The highest BCUT2D eigenvalue weighted by atomic mass is 32.2. The summed E-state index contributed by atoms with van der Waals surface area (Å²) in [6.07, 6.45) is 5.34. The lowest BCUT2D eigenvalue weighted by atomic mass is 10.0. The Morgan fingerprint density at radius 1 is 1.30 bits per heavy atom. The molecule has 0 fully saturated rings. The minimum absolute atomic E-state index is 0.437. The van der Waals surface area contributed by atoms with Gasteiger partial charge in [0.2, 0.25) is 0 Å². The first kappa shape index (κ1) is 21.8. The molecule has 30 heavy (non-hydrogen) atoms. The van der Waals surface area contributed by atoms with Crippen molar-refractivity contribution in [3.05, 3.63) is 42.4 Å². The quantitative estimate of drug-likeness (QED) is 0.400. The van der Waals surface area contributed by atoms with Crippen LogP contribution in [0.15, 0.2) is 51.1 Å². The van der Waals surface area contributed by atoms with E-state index >= 15 is 0 Å². The number of rotatable bonds is 8. The van der Waals surface area contributed by atoms with Gasteiger partial charge >= 0.3 is 11.8 Å². The average Bonchev–Trinajstić information content (AvgIpc) is 3.41. The maximum atomic E-state index is 12.4. The Labute approximate surface area is 182 Å². The molecule has 3 aromatic rings. The standard InChI is InChI=1S/C20H22N4O4S2/c1-20(2,6-8-29-19-22-7-9-30-19)24-18(26)17(25)23-13-4-5-14(15(10-13)27-3)16-11-21-12-28-16/h4-5,7,9-12H,6,8H2,1-3H3,(H,23,25)(H,24,26). The maximum Gasteiger partial charge on any atom is 0.313 e. The van der Waals surface area contributed by atoms with Crippen molar-refractivity contribution in [3.63, 3.8) is 0 Å². The zero-order valence-electron chi connectivity index (χ0n) is 16.8. The summed E-state index contributed by atoms with van der Waals surface area (Å²) < 4.78 is 11.6. The van der Waals surface area contributed by atoms with E-state index < -0.39 is 17.4 Å². The molecule has 3 rings (SSSR count). The van der Waals surface area contributed by atoms with Gasteiger partial charge in [0.15, 0.2) is 12.2 Å². The van der Waals surface area contributed by atoms with Crippen LogP contribution in [0.25, 0.3) is 11.3 Å². The van der Waals surface area contributed by atoms with E-state index in [4.69, 9.17) is 9.15 Å². The van der Waals surface area contributed by atoms with Gasteiger partial charge in [-0.25, -0.2) is 9.97 Å². The summed E-state index contributed by atoms with van der Waals surface area (Å²) in [6, 6.07) is 5.02. The lowest BCUT2D eigenvalue weighted by molar-refractivity contribution is -0.137. The molecule has 1 aromatic carbocycles. The summed E-state index contributed by atoms with van der Waals surface area (Å²) in [5, 5.41) is 7.31. The number of ether oxygens (including phenoxy) is 1. The predicted octanol–water partition coefficient (Wildman–Crippen LogP) is 3.82. The number of thiazole rings is 1. The molecule has 0 saturated heterocycles. The van der Waals surface area contributed by atoms with E-state index in [1.165, 1.54) is 13.5 Å². The monoisotopic (exact) mass is 446 g/mol. The van der Waals surface area contributed by atoms with Gasteiger partial charge < -0.3 is 19.8 Å². The second-order valence-corrected chi connectivity index (χ2v) is 9.21. The molecule has 2 heterocycles. The van der Waals surface area contributed by atoms with Crippen molar-refractivity contribution in [2.45, 2.75) is 30.1 Å². The molecule has 0 atom stereocenters. The van der Waals surface area contributed by atoms with Crippen molar-refractivity contribution >= 4 is 40.6 Å². The van der Waals surface area contributed by atoms with Crippen LogP contribution >= 0.6 is 23.1 Å². The van der Waals surface area contributed by atoms with Gasteiger partial charge in [0, 0.05) is 34.6 Å². The van der Waals surface area contributed by atoms with Crippen LogP contribution in [-0.2, 0) is 9.59 Å². The van der Waals surface area contributed by atoms with Gasteiger partial charge in [-0.05, 0) is 32.4 Å². The molecule has 10 heteroatoms. The third kappa shape index (κ3) is 5.83. The van der Waals surface area contributed by atoms with Gasteiger partial charge in [0.1, 0.15) is 10.1 Å². The smallest absolute Gasteiger partial charge is 0.313 e. The number of hydrogen-bond acceptors (Lipinski definition) is 8. The third-order valence-corrected chi connectivity index (χ3v) is 6.15. The van der Waals surface area contributed by atoms with Gasteiger partial charge in [-0.2, -0.15) is 0 Å². The third-order valence-electron chi connectivity index (χ3n) is 4.18. The van der Waals surface area contributed by atoms with Gasteiger partial charge in [0.25, 0.3) is 0 Å². The Kier molecular flexibility index (Phi) is 7.11. The topological polar surface area (TPSA) is 106 Å². The van der Waals surface area contributed by atoms with Crippen molar-refractivity contribution in [2.24, 2.45) is 0 Å². The minimum atomic E-state index is -0.745. The lowest BCUT2D eigenvalue weighted by Gasteiger charge is -2.25. The first-order valence-corrected chi connectivity index (χ1v) is 11.0. The van der Waals surface area contributed by atoms with E-state index in [0.717, 1.165) is 10.1 Å². The number of hydrogen-bond donors (Lipinski definition) is 2. The fraction of sp³-hybridized carbons (Fsp3) is 0.300. The number of aromatic nitrogens is 2. The lowest BCUT2D eigenvalue weighted by Crippen LogP contribution is -2.48. The number of oxazole rings is 1. The minimum Gasteiger partial charge on any atom is -0.496 e. The summed E-state index contributed by atoms with van der Waals surface area (Å²) in [6.45, 7) is 3.77. The van der Waals surface area contributed by atoms with Gasteiger partial charge in [-0.1, -0.05) is 11.8 Å². The molecule has 8 nitrogen and oxygen atoms in total. The number of amides is 2. The zero-order chi connectivity index (χ0) is 21.6. The summed E-state index contributed by atoms with van der Waals surface area (Å²) >= 11 is 3.20. The molecule has 0 aliphatic carbocycles. The van der Waals surface area contributed by atoms with Gasteiger partial charge in [-0.15, -0.1) is 11.3 Å². The molecular formula is C20H22N4O4S2. The Bertz CT molecular complexity index is 988. The molecule has 0 aliphatic heterocycles. The van der Waals surface area contributed by atoms with Crippen LogP contribution in [0.5, 0.6) is 5.75 Å². The van der Waals surface area contributed by atoms with Crippen molar-refractivity contribution in [1.29, 1.82) is 0 Å². The maximum absolute atomic E-state index is 12.4. The first-order chi connectivity index (χ1) is 14.4. The van der Waals surface area contributed by atoms with Crippen molar-refractivity contribution in [2.75, 3.05) is 18.2 Å². The summed E-state index contributed by atoms with van der Waals surface area (Å²) in [7, 11) is 1.51. The van der Waals surface area contributed by atoms with Crippen molar-refractivity contribution in [1.82, 2.24) is 15.3 Å². The SMILES string of the molecule is COc1cc(NC(=O)C(=O)NC(C)(C)CCSc2nccs2)ccc1-c1cnco1. The van der Waals surface area contributed by atoms with E-state index in [-0.39, 0.29) is 0 Å². The molecule has 2 aromatic heterocycles. The first-order valence-electron chi connectivity index (χ1n) is 9.10. The largest absolute Gasteiger partial charge is 0.496 e. The Morgan fingerprint density at radius 2 is 2.13 bits per heavy atom. The molecule has 2 amide bonds. The highest BCUT2D eigenvalue weighted by Crippen LogP contribution is 2.32. The summed E-state index contributed by atoms with van der Waals surface area (Å²) in [5.74, 6) is 0.370. The van der Waals surface area contributed by atoms with Crippen LogP contribution in [0.4, 0.5) is 5.69 Å². The van der Waals surface area contributed by atoms with Gasteiger partial charge in [-0.3, -0.25) is 9.59 Å². The van der Waals surface area contributed by atoms with Crippen molar-refractivity contribution < 1.29 is 18.7 Å². The predicted molar refractivity (Wildman–Crippen MR) is 117 cm³/mol. The fourth-order valence-electron chi connectivity index (χ4n) is 2.61. The van der Waals surface area contributed by atoms with Crippen LogP contribution in [-0.4, -0.2) is 40.2 Å². The van der Waals surface area contributed by atoms with Crippen LogP contribution in [0.1, 0.15) is 20.3 Å². The number of carbonyl (C=O) groups excluding carboxylic acids is 2. The van der Waals surface area contributed by atoms with E-state index in [9.17, 15) is 9.59 Å². The van der Waals surface area contributed by atoms with Crippen LogP contribution in [0.3, 0.4) is 0 Å². The molecule has 0 saturated carbocycles. The Hall–Kier alpha value is -2.85. The molecule has 0 unspecified atom stereocenters. The number of nitrogens with zero attached hydrogens (tertiary/aromatic N) is 2. The summed E-state index contributed by atoms with van der Waals surface area (Å²) in [4.78, 5) is 32.8. The number of methoxy groups -OCH3 is 1. The second-order valence-electron chi connectivity index (χ2n) is 6.97. The van der Waals surface area contributed by atoms with Crippen LogP contribution in [0.2, 0.25) is 0 Å². The van der Waals surface area contributed by atoms with E-state index in [2.05, 4.69) is 20.6 Å². The van der Waals surface area contributed by atoms with Gasteiger partial charge in [0.05, 0.1) is 18.9 Å². The normalized spacial score (nSPS) is 11.2. The number of thioether (sulfide) groups is 1. The molecule has 2 N–H and O–H groups in total. The number of nitrogens with one attached hydrogen (secondary N) is 2. The summed E-state index contributed by atoms with van der Waals surface area (Å²) in [5.41, 5.74) is 0.593. The van der Waals surface area contributed by atoms with E-state index in [1.54, 1.807) is 53.7 Å². The second kappa shape index (κ2) is 9.77. The number of anilines is 1. The Balaban J connectivity index is 1.56. The molecule has 0 radical (unpaired) electrons. The van der Waals surface area contributed by atoms with Crippen LogP contribution in [0, 0.1) is 0 Å². The average molecular weight is 447 g/mol. The molecular weight excluding hydrogens is 424 g/mol. The van der Waals surface area contributed by atoms with E-state index in [1.807, 2.05) is 19.2 Å². The highest BCUT2D eigenvalue weighted by molar-refractivity contribution is 8.00.